The van der Waals surface area contributed by atoms with E-state index in [2.05, 4.69) is 31.2 Å². The molecule has 2 heterocycles. The lowest BCUT2D eigenvalue weighted by Gasteiger charge is -2.20. The van der Waals surface area contributed by atoms with Crippen molar-refractivity contribution >= 4 is 54.0 Å². The van der Waals surface area contributed by atoms with Crippen molar-refractivity contribution in [2.75, 3.05) is 37.5 Å². The summed E-state index contributed by atoms with van der Waals surface area (Å²) in [5, 5.41) is 0.752. The van der Waals surface area contributed by atoms with Crippen molar-refractivity contribution in [2.24, 2.45) is 0 Å². The molecule has 0 radical (unpaired) electrons. The first-order valence-corrected chi connectivity index (χ1v) is 13.4. The number of halogens is 2. The molecule has 1 fully saturated rings. The molecule has 0 amide bonds. The Morgan fingerprint density at radius 3 is 2.82 bits per heavy atom. The van der Waals surface area contributed by atoms with Crippen LogP contribution in [0.1, 0.15) is 18.9 Å². The van der Waals surface area contributed by atoms with Crippen LogP contribution in [0.4, 0.5) is 5.69 Å². The predicted octanol–water partition coefficient (Wildman–Crippen LogP) is 3.70. The number of sulfone groups is 1. The number of benzene rings is 2. The lowest BCUT2D eigenvalue weighted by atomic mass is 10.1. The van der Waals surface area contributed by atoms with Crippen molar-refractivity contribution in [2.45, 2.75) is 24.8 Å². The molecule has 0 unspecified atom stereocenters. The van der Waals surface area contributed by atoms with Crippen molar-refractivity contribution in [3.05, 3.63) is 62.1 Å². The molecule has 1 aromatic heterocycles. The van der Waals surface area contributed by atoms with E-state index in [0.717, 1.165) is 42.7 Å². The van der Waals surface area contributed by atoms with E-state index in [4.69, 9.17) is 16.3 Å². The number of hydrogen-bond donors (Lipinski definition) is 1. The van der Waals surface area contributed by atoms with Gasteiger partial charge in [0, 0.05) is 35.7 Å². The Labute approximate surface area is 205 Å². The number of rotatable bonds is 6. The SMILES string of the molecule is CCS(=O)(=O)c1ccc(Cl)cc1Nn1cnc2cc(CN3CCCOCC3)c(Br)cc2c1=O. The van der Waals surface area contributed by atoms with Gasteiger partial charge in [0.2, 0.25) is 0 Å². The van der Waals surface area contributed by atoms with Crippen molar-refractivity contribution in [1.29, 1.82) is 0 Å². The number of aromatic nitrogens is 2. The van der Waals surface area contributed by atoms with Gasteiger partial charge in [-0.3, -0.25) is 15.1 Å². The van der Waals surface area contributed by atoms with E-state index < -0.39 is 9.84 Å². The largest absolute Gasteiger partial charge is 0.380 e. The molecule has 0 atom stereocenters. The maximum Gasteiger partial charge on any atom is 0.280 e. The number of anilines is 1. The summed E-state index contributed by atoms with van der Waals surface area (Å²) >= 11 is 9.68. The third-order valence-corrected chi connectivity index (χ3v) is 8.29. The molecule has 0 saturated carbocycles. The Morgan fingerprint density at radius 2 is 2.03 bits per heavy atom. The Kier molecular flexibility index (Phi) is 7.40. The summed E-state index contributed by atoms with van der Waals surface area (Å²) in [6, 6.07) is 8.08. The molecule has 4 rings (SSSR count). The van der Waals surface area contributed by atoms with E-state index in [1.807, 2.05) is 6.07 Å². The molecule has 1 aliphatic rings. The highest BCUT2D eigenvalue weighted by Gasteiger charge is 2.19. The summed E-state index contributed by atoms with van der Waals surface area (Å²) in [5.74, 6) is -0.0763. The van der Waals surface area contributed by atoms with Crippen LogP contribution in [-0.4, -0.2) is 55.0 Å². The second kappa shape index (κ2) is 10.1. The molecule has 0 bridgehead atoms. The maximum absolute atomic E-state index is 13.2. The zero-order chi connectivity index (χ0) is 23.6. The minimum Gasteiger partial charge on any atom is -0.380 e. The third-order valence-electron chi connectivity index (χ3n) is 5.53. The first-order chi connectivity index (χ1) is 15.8. The monoisotopic (exact) mass is 554 g/mol. The van der Waals surface area contributed by atoms with Gasteiger partial charge in [0.25, 0.3) is 5.56 Å². The van der Waals surface area contributed by atoms with Crippen LogP contribution in [0.5, 0.6) is 0 Å². The third kappa shape index (κ3) is 5.41. The van der Waals surface area contributed by atoms with Gasteiger partial charge >= 0.3 is 0 Å². The molecule has 1 aliphatic heterocycles. The predicted molar refractivity (Wildman–Crippen MR) is 133 cm³/mol. The second-order valence-electron chi connectivity index (χ2n) is 7.78. The fourth-order valence-electron chi connectivity index (χ4n) is 3.73. The molecular weight excluding hydrogens is 532 g/mol. The Morgan fingerprint density at radius 1 is 1.21 bits per heavy atom. The summed E-state index contributed by atoms with van der Waals surface area (Å²) in [5.41, 5.74) is 4.32. The van der Waals surface area contributed by atoms with Crippen LogP contribution in [0, 0.1) is 0 Å². The number of ether oxygens (including phenoxy) is 1. The topological polar surface area (TPSA) is 93.5 Å². The van der Waals surface area contributed by atoms with E-state index in [1.165, 1.54) is 29.2 Å². The smallest absolute Gasteiger partial charge is 0.280 e. The molecule has 0 aliphatic carbocycles. The normalized spacial score (nSPS) is 15.5. The summed E-state index contributed by atoms with van der Waals surface area (Å²) in [6.45, 7) is 5.57. The molecule has 11 heteroatoms. The van der Waals surface area contributed by atoms with E-state index in [9.17, 15) is 13.2 Å². The van der Waals surface area contributed by atoms with Crippen molar-refractivity contribution in [3.63, 3.8) is 0 Å². The number of nitrogens with one attached hydrogen (secondary N) is 1. The van der Waals surface area contributed by atoms with Gasteiger partial charge in [-0.15, -0.1) is 0 Å². The Balaban J connectivity index is 1.68. The van der Waals surface area contributed by atoms with Crippen LogP contribution >= 0.6 is 27.5 Å². The molecule has 33 heavy (non-hydrogen) atoms. The fourth-order valence-corrected chi connectivity index (χ4v) is 5.40. The van der Waals surface area contributed by atoms with Gasteiger partial charge < -0.3 is 4.74 Å². The molecule has 3 aromatic rings. The van der Waals surface area contributed by atoms with E-state index in [-0.39, 0.29) is 21.9 Å². The number of fused-ring (bicyclic) bond motifs is 1. The van der Waals surface area contributed by atoms with Gasteiger partial charge in [0.15, 0.2) is 9.84 Å². The molecule has 0 spiro atoms. The minimum absolute atomic E-state index is 0.0688. The van der Waals surface area contributed by atoms with Gasteiger partial charge in [-0.1, -0.05) is 34.5 Å². The van der Waals surface area contributed by atoms with Crippen LogP contribution in [0.2, 0.25) is 5.02 Å². The molecule has 8 nitrogen and oxygen atoms in total. The van der Waals surface area contributed by atoms with Gasteiger partial charge in [0.1, 0.15) is 6.33 Å². The van der Waals surface area contributed by atoms with Crippen LogP contribution in [0.25, 0.3) is 10.9 Å². The van der Waals surface area contributed by atoms with Crippen molar-refractivity contribution < 1.29 is 13.2 Å². The van der Waals surface area contributed by atoms with Gasteiger partial charge in [0.05, 0.1) is 33.8 Å². The van der Waals surface area contributed by atoms with Crippen LogP contribution in [-0.2, 0) is 21.1 Å². The Hall–Kier alpha value is -1.98. The molecule has 2 aromatic carbocycles. The quantitative estimate of drug-likeness (QED) is 0.496. The maximum atomic E-state index is 13.2. The first kappa shape index (κ1) is 24.2. The lowest BCUT2D eigenvalue weighted by molar-refractivity contribution is 0.140. The van der Waals surface area contributed by atoms with E-state index in [1.54, 1.807) is 13.0 Å². The average Bonchev–Trinajstić information content (AvgIpc) is 3.05. The molecule has 176 valence electrons. The molecule has 1 saturated heterocycles. The van der Waals surface area contributed by atoms with Crippen LogP contribution in [0.3, 0.4) is 0 Å². The van der Waals surface area contributed by atoms with Gasteiger partial charge in [-0.2, -0.15) is 0 Å². The summed E-state index contributed by atoms with van der Waals surface area (Å²) in [4.78, 5) is 20.0. The van der Waals surface area contributed by atoms with Crippen LogP contribution < -0.4 is 11.0 Å². The second-order valence-corrected chi connectivity index (χ2v) is 11.3. The number of hydrogen-bond acceptors (Lipinski definition) is 7. The lowest BCUT2D eigenvalue weighted by Crippen LogP contribution is -2.28. The highest BCUT2D eigenvalue weighted by molar-refractivity contribution is 9.10. The molecule has 1 N–H and O–H groups in total. The average molecular weight is 556 g/mol. The zero-order valence-corrected chi connectivity index (χ0v) is 21.2. The van der Waals surface area contributed by atoms with E-state index in [0.29, 0.717) is 22.5 Å². The highest BCUT2D eigenvalue weighted by Crippen LogP contribution is 2.27. The summed E-state index contributed by atoms with van der Waals surface area (Å²) in [7, 11) is -3.53. The van der Waals surface area contributed by atoms with E-state index >= 15 is 0 Å². The fraction of sp³-hybridized carbons (Fsp3) is 0.364. The first-order valence-electron chi connectivity index (χ1n) is 10.6. The highest BCUT2D eigenvalue weighted by atomic mass is 79.9. The standard InChI is InChI=1S/C22H24BrClN4O4S/c1-2-33(30,31)21-5-4-16(24)11-20(21)26-28-14-25-19-10-15(18(23)12-17(19)22(28)29)13-27-6-3-8-32-9-7-27/h4-5,10-12,14,26H,2-3,6-9,13H2,1H3. The summed E-state index contributed by atoms with van der Waals surface area (Å²) < 4.78 is 32.5. The van der Waals surface area contributed by atoms with Crippen molar-refractivity contribution in [3.8, 4) is 0 Å². The van der Waals surface area contributed by atoms with Crippen LogP contribution in [0.15, 0.2) is 50.8 Å². The van der Waals surface area contributed by atoms with Gasteiger partial charge in [-0.05, 0) is 42.3 Å². The molecular formula is C22H24BrClN4O4S. The number of nitrogens with zero attached hydrogens (tertiary/aromatic N) is 3. The Bertz CT molecular complexity index is 1340. The summed E-state index contributed by atoms with van der Waals surface area (Å²) in [6.07, 6.45) is 2.34. The minimum atomic E-state index is -3.53. The van der Waals surface area contributed by atoms with Gasteiger partial charge in [-0.25, -0.2) is 18.1 Å². The zero-order valence-electron chi connectivity index (χ0n) is 18.1. The van der Waals surface area contributed by atoms with Crippen molar-refractivity contribution in [1.82, 2.24) is 14.6 Å².